The second kappa shape index (κ2) is 9.06. The molecule has 0 amide bonds. The first-order chi connectivity index (χ1) is 9.22. The molecule has 6 nitrogen and oxygen atoms in total. The van der Waals surface area contributed by atoms with E-state index < -0.39 is 11.3 Å². The van der Waals surface area contributed by atoms with Gasteiger partial charge in [-0.1, -0.05) is 36.4 Å². The Labute approximate surface area is 114 Å². The van der Waals surface area contributed by atoms with Crippen LogP contribution < -0.4 is 21.5 Å². The molecule has 0 fully saturated rings. The van der Waals surface area contributed by atoms with Crippen molar-refractivity contribution in [3.63, 3.8) is 0 Å². The van der Waals surface area contributed by atoms with E-state index in [9.17, 15) is 4.21 Å². The van der Waals surface area contributed by atoms with Gasteiger partial charge in [0.25, 0.3) is 0 Å². The lowest BCUT2D eigenvalue weighted by atomic mass is 10.3. The number of para-hydroxylation sites is 2. The zero-order valence-electron chi connectivity index (χ0n) is 10.1. The molecule has 0 aliphatic heterocycles. The Kier molecular flexibility index (Phi) is 7.21. The molecule has 0 radical (unpaired) electrons. The van der Waals surface area contributed by atoms with Crippen molar-refractivity contribution in [2.24, 2.45) is 5.84 Å². The standard InChI is InChI=1S/C6H8N2O2S.C6H8N2/c9-11(10)8-7-6-4-2-1-3-5-6;7-8-6-4-2-1-3-5-6/h1-5,7-8H,(H,9,10);1-5,8H,7H2. The van der Waals surface area contributed by atoms with E-state index in [2.05, 4.69) is 15.7 Å². The topological polar surface area (TPSA) is 99.4 Å². The third-order valence-corrected chi connectivity index (χ3v) is 2.27. The predicted molar refractivity (Wildman–Crippen MR) is 78.2 cm³/mol. The summed E-state index contributed by atoms with van der Waals surface area (Å²) in [6.07, 6.45) is 0. The SMILES string of the molecule is NNc1ccccc1.O=S(O)NNc1ccccc1. The maximum absolute atomic E-state index is 10.1. The van der Waals surface area contributed by atoms with Crippen molar-refractivity contribution in [1.82, 2.24) is 4.83 Å². The van der Waals surface area contributed by atoms with Gasteiger partial charge in [-0.15, -0.1) is 4.83 Å². The third-order valence-electron chi connectivity index (χ3n) is 2.00. The van der Waals surface area contributed by atoms with E-state index in [4.69, 9.17) is 10.4 Å². The lowest BCUT2D eigenvalue weighted by Crippen LogP contribution is -2.23. The zero-order valence-corrected chi connectivity index (χ0v) is 10.9. The summed E-state index contributed by atoms with van der Waals surface area (Å²) < 4.78 is 18.4. The maximum atomic E-state index is 10.1. The lowest BCUT2D eigenvalue weighted by Gasteiger charge is -2.02. The number of rotatable bonds is 4. The number of hydrogen-bond donors (Lipinski definition) is 5. The summed E-state index contributed by atoms with van der Waals surface area (Å²) in [5.74, 6) is 5.10. The molecule has 2 rings (SSSR count). The highest BCUT2D eigenvalue weighted by Crippen LogP contribution is 2.02. The number of nitrogens with two attached hydrogens (primary N) is 1. The van der Waals surface area contributed by atoms with Crippen LogP contribution in [0.25, 0.3) is 0 Å². The van der Waals surface area contributed by atoms with Gasteiger partial charge < -0.3 is 10.9 Å². The molecule has 0 heterocycles. The fraction of sp³-hybridized carbons (Fsp3) is 0. The monoisotopic (exact) mass is 280 g/mol. The number of hydrazine groups is 2. The van der Waals surface area contributed by atoms with Crippen molar-refractivity contribution < 1.29 is 8.76 Å². The van der Waals surface area contributed by atoms with E-state index in [1.54, 1.807) is 12.1 Å². The molecule has 1 atom stereocenters. The predicted octanol–water partition coefficient (Wildman–Crippen LogP) is 1.71. The van der Waals surface area contributed by atoms with Crippen LogP contribution in [0, 0.1) is 0 Å². The summed E-state index contributed by atoms with van der Waals surface area (Å²) in [7, 11) is 0. The van der Waals surface area contributed by atoms with E-state index in [1.807, 2.05) is 48.5 Å². The lowest BCUT2D eigenvalue weighted by molar-refractivity contribution is 0.555. The van der Waals surface area contributed by atoms with Crippen molar-refractivity contribution >= 4 is 22.6 Å². The molecule has 19 heavy (non-hydrogen) atoms. The summed E-state index contributed by atoms with van der Waals surface area (Å²) in [5.41, 5.74) is 6.75. The van der Waals surface area contributed by atoms with Crippen LogP contribution in [0.1, 0.15) is 0 Å². The number of anilines is 2. The molecule has 102 valence electrons. The molecular weight excluding hydrogens is 264 g/mol. The first-order valence-corrected chi connectivity index (χ1v) is 6.52. The molecule has 0 aromatic heterocycles. The van der Waals surface area contributed by atoms with Gasteiger partial charge in [-0.05, 0) is 24.3 Å². The molecule has 0 aliphatic carbocycles. The van der Waals surface area contributed by atoms with Crippen LogP contribution in [0.5, 0.6) is 0 Å². The van der Waals surface area contributed by atoms with Gasteiger partial charge in [-0.3, -0.25) is 10.4 Å². The number of nitrogens with one attached hydrogen (secondary N) is 3. The van der Waals surface area contributed by atoms with Gasteiger partial charge in [0.1, 0.15) is 0 Å². The highest BCUT2D eigenvalue weighted by atomic mass is 32.2. The average molecular weight is 280 g/mol. The van der Waals surface area contributed by atoms with Crippen molar-refractivity contribution in [3.05, 3.63) is 60.7 Å². The van der Waals surface area contributed by atoms with Gasteiger partial charge in [-0.2, -0.15) is 0 Å². The fourth-order valence-electron chi connectivity index (χ4n) is 1.16. The second-order valence-electron chi connectivity index (χ2n) is 3.35. The molecule has 2 aromatic carbocycles. The van der Waals surface area contributed by atoms with Crippen LogP contribution in [0.3, 0.4) is 0 Å². The zero-order chi connectivity index (χ0) is 13.9. The Hall–Kier alpha value is -1.93. The molecule has 1 unspecified atom stereocenters. The Morgan fingerprint density at radius 1 is 0.895 bits per heavy atom. The van der Waals surface area contributed by atoms with Crippen LogP contribution in [-0.2, 0) is 11.3 Å². The van der Waals surface area contributed by atoms with Gasteiger partial charge in [0.2, 0.25) is 11.3 Å². The fourth-order valence-corrected chi connectivity index (χ4v) is 1.36. The number of benzene rings is 2. The van der Waals surface area contributed by atoms with Gasteiger partial charge >= 0.3 is 0 Å². The maximum Gasteiger partial charge on any atom is 0.250 e. The second-order valence-corrected chi connectivity index (χ2v) is 4.06. The number of hydrogen-bond acceptors (Lipinski definition) is 4. The van der Waals surface area contributed by atoms with Crippen molar-refractivity contribution in [1.29, 1.82) is 0 Å². The summed E-state index contributed by atoms with van der Waals surface area (Å²) in [5, 5.41) is 0. The molecule has 0 aliphatic rings. The number of nitrogen functional groups attached to an aromatic ring is 1. The van der Waals surface area contributed by atoms with Crippen LogP contribution >= 0.6 is 0 Å². The minimum atomic E-state index is -2.03. The largest absolute Gasteiger partial charge is 0.324 e. The summed E-state index contributed by atoms with van der Waals surface area (Å²) in [4.78, 5) is 2.14. The summed E-state index contributed by atoms with van der Waals surface area (Å²) in [6.45, 7) is 0. The van der Waals surface area contributed by atoms with E-state index in [-0.39, 0.29) is 0 Å². The molecule has 6 N–H and O–H groups in total. The van der Waals surface area contributed by atoms with E-state index >= 15 is 0 Å². The van der Waals surface area contributed by atoms with Gasteiger partial charge in [0.05, 0.1) is 0 Å². The van der Waals surface area contributed by atoms with E-state index in [1.165, 1.54) is 0 Å². The Morgan fingerprint density at radius 3 is 1.74 bits per heavy atom. The van der Waals surface area contributed by atoms with E-state index in [0.717, 1.165) is 11.4 Å². The van der Waals surface area contributed by atoms with Crippen LogP contribution in [0.4, 0.5) is 11.4 Å². The molecule has 0 saturated heterocycles. The first-order valence-electron chi connectivity index (χ1n) is 5.41. The average Bonchev–Trinajstić information content (AvgIpc) is 2.48. The van der Waals surface area contributed by atoms with Gasteiger partial charge in [0.15, 0.2) is 0 Å². The Bertz CT molecular complexity index is 482. The van der Waals surface area contributed by atoms with Crippen molar-refractivity contribution in [2.45, 2.75) is 0 Å². The molecule has 0 saturated carbocycles. The van der Waals surface area contributed by atoms with E-state index in [0.29, 0.717) is 0 Å². The smallest absolute Gasteiger partial charge is 0.250 e. The minimum absolute atomic E-state index is 0.745. The van der Waals surface area contributed by atoms with Gasteiger partial charge in [-0.25, -0.2) is 4.21 Å². The normalized spacial score (nSPS) is 10.8. The van der Waals surface area contributed by atoms with Crippen LogP contribution in [0.2, 0.25) is 0 Å². The quantitative estimate of drug-likeness (QED) is 0.333. The molecule has 7 heteroatoms. The van der Waals surface area contributed by atoms with Crippen molar-refractivity contribution in [3.8, 4) is 0 Å². The Balaban J connectivity index is 0.000000200. The van der Waals surface area contributed by atoms with Crippen LogP contribution in [0.15, 0.2) is 60.7 Å². The highest BCUT2D eigenvalue weighted by Gasteiger charge is 1.89. The first kappa shape index (κ1) is 15.1. The highest BCUT2D eigenvalue weighted by molar-refractivity contribution is 7.77. The molecule has 2 aromatic rings. The van der Waals surface area contributed by atoms with Gasteiger partial charge in [0, 0.05) is 11.4 Å². The summed E-state index contributed by atoms with van der Waals surface area (Å²) >= 11 is -2.03. The molecule has 0 bridgehead atoms. The summed E-state index contributed by atoms with van der Waals surface area (Å²) in [6, 6.07) is 18.7. The van der Waals surface area contributed by atoms with Crippen LogP contribution in [-0.4, -0.2) is 8.76 Å². The minimum Gasteiger partial charge on any atom is -0.324 e. The third kappa shape index (κ3) is 7.17. The molecule has 0 spiro atoms. The molecular formula is C12H16N4O2S. The van der Waals surface area contributed by atoms with Crippen molar-refractivity contribution in [2.75, 3.05) is 10.9 Å². The Morgan fingerprint density at radius 2 is 1.37 bits per heavy atom.